The molecule has 1 unspecified atom stereocenters. The number of para-hydroxylation sites is 1. The van der Waals surface area contributed by atoms with Crippen molar-refractivity contribution in [3.05, 3.63) is 71.8 Å². The van der Waals surface area contributed by atoms with Crippen molar-refractivity contribution in [1.29, 1.82) is 0 Å². The molecule has 0 aromatic heterocycles. The minimum absolute atomic E-state index is 0.250. The van der Waals surface area contributed by atoms with Gasteiger partial charge >= 0.3 is 0 Å². The summed E-state index contributed by atoms with van der Waals surface area (Å²) in [5.74, 6) is 0.342. The van der Waals surface area contributed by atoms with Crippen LogP contribution in [0.3, 0.4) is 0 Å². The Hall–Kier alpha value is -2.06. The molecule has 0 aliphatic heterocycles. The van der Waals surface area contributed by atoms with Crippen LogP contribution in [0.5, 0.6) is 5.75 Å². The van der Waals surface area contributed by atoms with Crippen LogP contribution in [0.4, 0.5) is 0 Å². The van der Waals surface area contributed by atoms with Gasteiger partial charge in [-0.2, -0.15) is 0 Å². The van der Waals surface area contributed by atoms with E-state index in [1.54, 1.807) is 6.07 Å². The van der Waals surface area contributed by atoms with E-state index in [9.17, 15) is 5.11 Å². The van der Waals surface area contributed by atoms with Crippen molar-refractivity contribution in [2.24, 2.45) is 0 Å². The lowest BCUT2D eigenvalue weighted by atomic mass is 10.1. The minimum Gasteiger partial charge on any atom is -0.508 e. The Labute approximate surface area is 114 Å². The van der Waals surface area contributed by atoms with Crippen LogP contribution in [0.15, 0.2) is 60.7 Å². The number of hydrogen-bond acceptors (Lipinski definition) is 2. The van der Waals surface area contributed by atoms with E-state index in [-0.39, 0.29) is 6.04 Å². The van der Waals surface area contributed by atoms with Gasteiger partial charge in [-0.15, -0.1) is 0 Å². The third-order valence-corrected chi connectivity index (χ3v) is 2.98. The zero-order valence-electron chi connectivity index (χ0n) is 11.1. The molecule has 0 aliphatic rings. The Morgan fingerprint density at radius 1 is 1.05 bits per heavy atom. The Kier molecular flexibility index (Phi) is 4.76. The lowest BCUT2D eigenvalue weighted by Crippen LogP contribution is -2.23. The Bertz CT molecular complexity index is 534. The van der Waals surface area contributed by atoms with Gasteiger partial charge in [0.2, 0.25) is 0 Å². The van der Waals surface area contributed by atoms with Gasteiger partial charge in [0.15, 0.2) is 0 Å². The Balaban J connectivity index is 1.87. The average molecular weight is 253 g/mol. The molecule has 0 spiro atoms. The first kappa shape index (κ1) is 13.4. The summed E-state index contributed by atoms with van der Waals surface area (Å²) in [6.07, 6.45) is 4.22. The van der Waals surface area contributed by atoms with Crippen molar-refractivity contribution < 1.29 is 5.11 Å². The van der Waals surface area contributed by atoms with Crippen LogP contribution in [-0.4, -0.2) is 11.1 Å². The first-order chi connectivity index (χ1) is 9.25. The van der Waals surface area contributed by atoms with Crippen molar-refractivity contribution in [1.82, 2.24) is 5.32 Å². The second kappa shape index (κ2) is 6.76. The maximum atomic E-state index is 9.67. The van der Waals surface area contributed by atoms with E-state index in [1.807, 2.05) is 36.4 Å². The molecule has 2 aromatic carbocycles. The summed E-state index contributed by atoms with van der Waals surface area (Å²) in [5.41, 5.74) is 2.11. The van der Waals surface area contributed by atoms with Gasteiger partial charge in [-0.3, -0.25) is 0 Å². The van der Waals surface area contributed by atoms with Crippen LogP contribution in [0.1, 0.15) is 18.1 Å². The maximum Gasteiger partial charge on any atom is 0.120 e. The molecular weight excluding hydrogens is 234 g/mol. The van der Waals surface area contributed by atoms with Crippen LogP contribution < -0.4 is 5.32 Å². The molecule has 2 heteroatoms. The Morgan fingerprint density at radius 3 is 2.47 bits per heavy atom. The summed E-state index contributed by atoms with van der Waals surface area (Å²) >= 11 is 0. The summed E-state index contributed by atoms with van der Waals surface area (Å²) in [6.45, 7) is 2.76. The summed E-state index contributed by atoms with van der Waals surface area (Å²) in [6, 6.07) is 17.9. The largest absolute Gasteiger partial charge is 0.508 e. The highest BCUT2D eigenvalue weighted by Crippen LogP contribution is 2.15. The standard InChI is InChI=1S/C17H19NO/c1-14(11-12-15-7-3-2-4-8-15)18-13-16-9-5-6-10-17(16)19/h2-12,14,18-19H,13H2,1H3. The number of phenols is 1. The van der Waals surface area contributed by atoms with Crippen molar-refractivity contribution in [2.45, 2.75) is 19.5 Å². The SMILES string of the molecule is CC(C=Cc1ccccc1)NCc1ccccc1O. The zero-order valence-corrected chi connectivity index (χ0v) is 11.1. The number of hydrogen-bond donors (Lipinski definition) is 2. The molecule has 0 saturated carbocycles. The van der Waals surface area contributed by atoms with E-state index in [4.69, 9.17) is 0 Å². The summed E-state index contributed by atoms with van der Waals surface area (Å²) in [4.78, 5) is 0. The molecule has 0 amide bonds. The highest BCUT2D eigenvalue weighted by Gasteiger charge is 2.01. The highest BCUT2D eigenvalue weighted by molar-refractivity contribution is 5.49. The van der Waals surface area contributed by atoms with Gasteiger partial charge in [0, 0.05) is 18.2 Å². The van der Waals surface area contributed by atoms with Gasteiger partial charge < -0.3 is 10.4 Å². The molecule has 0 heterocycles. The highest BCUT2D eigenvalue weighted by atomic mass is 16.3. The number of aromatic hydroxyl groups is 1. The minimum atomic E-state index is 0.250. The third-order valence-electron chi connectivity index (χ3n) is 2.98. The van der Waals surface area contributed by atoms with Crippen LogP contribution in [0.25, 0.3) is 6.08 Å². The molecule has 19 heavy (non-hydrogen) atoms. The second-order valence-electron chi connectivity index (χ2n) is 4.57. The first-order valence-corrected chi connectivity index (χ1v) is 6.49. The fraction of sp³-hybridized carbons (Fsp3) is 0.176. The van der Waals surface area contributed by atoms with E-state index in [0.717, 1.165) is 5.56 Å². The van der Waals surface area contributed by atoms with Crippen molar-refractivity contribution >= 4 is 6.08 Å². The second-order valence-corrected chi connectivity index (χ2v) is 4.57. The fourth-order valence-electron chi connectivity index (χ4n) is 1.82. The molecule has 0 fully saturated rings. The summed E-state index contributed by atoms with van der Waals surface area (Å²) < 4.78 is 0. The van der Waals surface area contributed by atoms with E-state index < -0.39 is 0 Å². The number of rotatable bonds is 5. The summed E-state index contributed by atoms with van der Waals surface area (Å²) in [7, 11) is 0. The number of benzene rings is 2. The predicted octanol–water partition coefficient (Wildman–Crippen LogP) is 3.58. The van der Waals surface area contributed by atoms with E-state index in [1.165, 1.54) is 5.56 Å². The average Bonchev–Trinajstić information content (AvgIpc) is 2.45. The van der Waals surface area contributed by atoms with E-state index in [0.29, 0.717) is 12.3 Å². The molecule has 2 nitrogen and oxygen atoms in total. The summed E-state index contributed by atoms with van der Waals surface area (Å²) in [5, 5.41) is 13.0. The molecule has 0 aliphatic carbocycles. The number of phenolic OH excluding ortho intramolecular Hbond substituents is 1. The molecule has 2 N–H and O–H groups in total. The predicted molar refractivity (Wildman–Crippen MR) is 79.9 cm³/mol. The molecule has 1 atom stereocenters. The molecule has 2 aromatic rings. The monoisotopic (exact) mass is 253 g/mol. The van der Waals surface area contributed by atoms with Gasteiger partial charge in [-0.05, 0) is 18.6 Å². The third kappa shape index (κ3) is 4.27. The first-order valence-electron chi connectivity index (χ1n) is 6.49. The van der Waals surface area contributed by atoms with Gasteiger partial charge in [-0.25, -0.2) is 0 Å². The lowest BCUT2D eigenvalue weighted by molar-refractivity contribution is 0.463. The molecule has 0 saturated heterocycles. The van der Waals surface area contributed by atoms with Crippen molar-refractivity contribution in [3.63, 3.8) is 0 Å². The number of nitrogens with one attached hydrogen (secondary N) is 1. The maximum absolute atomic E-state index is 9.67. The topological polar surface area (TPSA) is 32.3 Å². The van der Waals surface area contributed by atoms with Crippen LogP contribution in [-0.2, 0) is 6.54 Å². The van der Waals surface area contributed by atoms with Gasteiger partial charge in [-0.1, -0.05) is 60.7 Å². The lowest BCUT2D eigenvalue weighted by Gasteiger charge is -2.10. The van der Waals surface area contributed by atoms with Crippen molar-refractivity contribution in [3.8, 4) is 5.75 Å². The van der Waals surface area contributed by atoms with Crippen molar-refractivity contribution in [2.75, 3.05) is 0 Å². The van der Waals surface area contributed by atoms with Gasteiger partial charge in [0.05, 0.1) is 0 Å². The van der Waals surface area contributed by atoms with Gasteiger partial charge in [0.1, 0.15) is 5.75 Å². The quantitative estimate of drug-likeness (QED) is 0.853. The molecule has 2 rings (SSSR count). The zero-order chi connectivity index (χ0) is 13.5. The molecule has 0 bridgehead atoms. The molecular formula is C17H19NO. The van der Waals surface area contributed by atoms with Crippen LogP contribution in [0, 0.1) is 0 Å². The van der Waals surface area contributed by atoms with E-state index >= 15 is 0 Å². The van der Waals surface area contributed by atoms with Gasteiger partial charge in [0.25, 0.3) is 0 Å². The fourth-order valence-corrected chi connectivity index (χ4v) is 1.82. The molecule has 98 valence electrons. The van der Waals surface area contributed by atoms with Crippen LogP contribution >= 0.6 is 0 Å². The molecule has 0 radical (unpaired) electrons. The van der Waals surface area contributed by atoms with E-state index in [2.05, 4.69) is 36.5 Å². The Morgan fingerprint density at radius 2 is 1.74 bits per heavy atom. The smallest absolute Gasteiger partial charge is 0.120 e. The van der Waals surface area contributed by atoms with Crippen LogP contribution in [0.2, 0.25) is 0 Å². The normalized spacial score (nSPS) is 12.7.